The van der Waals surface area contributed by atoms with Crippen molar-refractivity contribution in [2.24, 2.45) is 0 Å². The Morgan fingerprint density at radius 3 is 1.24 bits per heavy atom. The first-order valence-electron chi connectivity index (χ1n) is 21.6. The van der Waals surface area contributed by atoms with E-state index in [1.165, 1.54) is 66.0 Å². The molecule has 3 nitrogen and oxygen atoms in total. The maximum absolute atomic E-state index is 2.48. The highest BCUT2D eigenvalue weighted by Crippen LogP contribution is 2.41. The molecule has 0 bridgehead atoms. The van der Waals surface area contributed by atoms with Gasteiger partial charge in [-0.2, -0.15) is 0 Å². The number of aromatic nitrogens is 2. The van der Waals surface area contributed by atoms with E-state index in [1.54, 1.807) is 0 Å². The summed E-state index contributed by atoms with van der Waals surface area (Å²) in [6.07, 6.45) is 0. The van der Waals surface area contributed by atoms with Crippen LogP contribution in [-0.4, -0.2) is 8.97 Å². The Balaban J connectivity index is 1.00. The number of fused-ring (bicyclic) bond motifs is 7. The van der Waals surface area contributed by atoms with Crippen molar-refractivity contribution in [1.82, 2.24) is 8.97 Å². The molecule has 0 radical (unpaired) electrons. The van der Waals surface area contributed by atoms with Crippen LogP contribution < -0.4 is 4.90 Å². The number of anilines is 3. The highest BCUT2D eigenvalue weighted by atomic mass is 15.1. The van der Waals surface area contributed by atoms with Gasteiger partial charge < -0.3 is 13.9 Å². The fourth-order valence-electron chi connectivity index (χ4n) is 9.56. The zero-order valence-electron chi connectivity index (χ0n) is 34.5. The second-order valence-corrected chi connectivity index (χ2v) is 16.2. The molecule has 12 rings (SSSR count). The third-order valence-electron chi connectivity index (χ3n) is 12.5. The molecule has 0 fully saturated rings. The van der Waals surface area contributed by atoms with Crippen LogP contribution in [0, 0.1) is 0 Å². The molecule has 10 aromatic carbocycles. The fourth-order valence-corrected chi connectivity index (χ4v) is 9.56. The van der Waals surface area contributed by atoms with Gasteiger partial charge in [0.15, 0.2) is 0 Å². The fraction of sp³-hybridized carbons (Fsp3) is 0. The minimum absolute atomic E-state index is 1.10. The zero-order valence-corrected chi connectivity index (χ0v) is 34.5. The van der Waals surface area contributed by atoms with Crippen LogP contribution in [0.1, 0.15) is 0 Å². The molecule has 0 N–H and O–H groups in total. The lowest BCUT2D eigenvalue weighted by atomic mass is 10.0. The molecule has 63 heavy (non-hydrogen) atoms. The predicted molar refractivity (Wildman–Crippen MR) is 267 cm³/mol. The first-order valence-corrected chi connectivity index (χ1v) is 21.6. The average molecular weight is 804 g/mol. The first-order chi connectivity index (χ1) is 31.3. The highest BCUT2D eigenvalue weighted by molar-refractivity contribution is 6.21. The highest BCUT2D eigenvalue weighted by Gasteiger charge is 2.18. The summed E-state index contributed by atoms with van der Waals surface area (Å²) in [5.41, 5.74) is 17.4. The number of hydrogen-bond donors (Lipinski definition) is 0. The lowest BCUT2D eigenvalue weighted by Gasteiger charge is -2.26. The largest absolute Gasteiger partial charge is 0.311 e. The lowest BCUT2D eigenvalue weighted by Crippen LogP contribution is -2.09. The Morgan fingerprint density at radius 2 is 0.667 bits per heavy atom. The summed E-state index contributed by atoms with van der Waals surface area (Å²) in [4.78, 5) is 2.35. The van der Waals surface area contributed by atoms with Gasteiger partial charge in [-0.3, -0.25) is 0 Å². The van der Waals surface area contributed by atoms with E-state index in [9.17, 15) is 0 Å². The Labute approximate surface area is 366 Å². The summed E-state index contributed by atoms with van der Waals surface area (Å²) >= 11 is 0. The summed E-state index contributed by atoms with van der Waals surface area (Å²) in [5, 5.41) is 4.89. The van der Waals surface area contributed by atoms with E-state index in [2.05, 4.69) is 263 Å². The molecule has 3 heteroatoms. The van der Waals surface area contributed by atoms with Crippen LogP contribution >= 0.6 is 0 Å². The van der Waals surface area contributed by atoms with Crippen molar-refractivity contribution >= 4 is 66.2 Å². The quantitative estimate of drug-likeness (QED) is 0.156. The molecule has 0 atom stereocenters. The maximum Gasteiger partial charge on any atom is 0.0703 e. The summed E-state index contributed by atoms with van der Waals surface area (Å²) in [6, 6.07) is 90.1. The van der Waals surface area contributed by atoms with Crippen molar-refractivity contribution in [2.45, 2.75) is 0 Å². The standard InChI is InChI=1S/C60H41N3/c1-4-15-42(16-5-1)44-27-34-49(35-28-44)61(50-36-29-45(30-37-50)43-17-6-2-7-18-43)51-38-31-46(32-39-51)47-33-40-57-55(41-47)54-23-14-22-53-52-21-10-11-24-56(52)62(48-19-8-3-9-20-48)58-25-12-13-26-59(58)63(57)60(53)54/h1-41H. The Kier molecular flexibility index (Phi) is 8.83. The predicted octanol–water partition coefficient (Wildman–Crippen LogP) is 16.4. The normalized spacial score (nSPS) is 11.5. The summed E-state index contributed by atoms with van der Waals surface area (Å²) in [7, 11) is 0. The van der Waals surface area contributed by atoms with Gasteiger partial charge in [0.2, 0.25) is 0 Å². The smallest absolute Gasteiger partial charge is 0.0703 e. The van der Waals surface area contributed by atoms with Crippen LogP contribution in [0.3, 0.4) is 0 Å². The van der Waals surface area contributed by atoms with Gasteiger partial charge in [0.25, 0.3) is 0 Å². The Morgan fingerprint density at radius 1 is 0.254 bits per heavy atom. The van der Waals surface area contributed by atoms with Crippen LogP contribution in [-0.2, 0) is 0 Å². The van der Waals surface area contributed by atoms with Crippen LogP contribution in [0.4, 0.5) is 17.1 Å². The minimum Gasteiger partial charge on any atom is -0.311 e. The van der Waals surface area contributed by atoms with Gasteiger partial charge in [0, 0.05) is 44.3 Å². The van der Waals surface area contributed by atoms with Crippen molar-refractivity contribution in [3.05, 3.63) is 249 Å². The van der Waals surface area contributed by atoms with E-state index in [1.807, 2.05) is 0 Å². The average Bonchev–Trinajstić information content (AvgIpc) is 3.69. The number of nitrogens with zero attached hydrogens (tertiary/aromatic N) is 3. The molecule has 12 aromatic rings. The Hall–Kier alpha value is -8.40. The second-order valence-electron chi connectivity index (χ2n) is 16.2. The van der Waals surface area contributed by atoms with Crippen molar-refractivity contribution in [3.8, 4) is 39.1 Å². The number of para-hydroxylation sites is 5. The van der Waals surface area contributed by atoms with Gasteiger partial charge in [0.05, 0.1) is 27.6 Å². The summed E-state index contributed by atoms with van der Waals surface area (Å²) < 4.78 is 4.89. The van der Waals surface area contributed by atoms with E-state index in [-0.39, 0.29) is 0 Å². The van der Waals surface area contributed by atoms with Crippen molar-refractivity contribution in [2.75, 3.05) is 4.90 Å². The van der Waals surface area contributed by atoms with E-state index in [0.29, 0.717) is 0 Å². The van der Waals surface area contributed by atoms with Crippen LogP contribution in [0.25, 0.3) is 88.2 Å². The third-order valence-corrected chi connectivity index (χ3v) is 12.5. The van der Waals surface area contributed by atoms with Gasteiger partial charge >= 0.3 is 0 Å². The van der Waals surface area contributed by atoms with Crippen LogP contribution in [0.5, 0.6) is 0 Å². The molecule has 2 heterocycles. The third kappa shape index (κ3) is 6.29. The monoisotopic (exact) mass is 803 g/mol. The van der Waals surface area contributed by atoms with Crippen molar-refractivity contribution < 1.29 is 0 Å². The molecule has 0 spiro atoms. The maximum atomic E-state index is 2.48. The molecule has 296 valence electrons. The topological polar surface area (TPSA) is 12.6 Å². The molecule has 0 aliphatic heterocycles. The molecular formula is C60H41N3. The number of rotatable bonds is 7. The second kappa shape index (κ2) is 15.3. The Bertz CT molecular complexity index is 3540. The minimum atomic E-state index is 1.10. The molecule has 2 aromatic heterocycles. The molecule has 0 aliphatic rings. The van der Waals surface area contributed by atoms with Gasteiger partial charge in [-0.25, -0.2) is 0 Å². The van der Waals surface area contributed by atoms with E-state index in [4.69, 9.17) is 0 Å². The number of benzene rings is 10. The molecular weight excluding hydrogens is 763 g/mol. The zero-order chi connectivity index (χ0) is 41.7. The van der Waals surface area contributed by atoms with Gasteiger partial charge in [-0.15, -0.1) is 0 Å². The van der Waals surface area contributed by atoms with E-state index in [0.717, 1.165) is 39.3 Å². The number of hydrogen-bond acceptors (Lipinski definition) is 1. The lowest BCUT2D eigenvalue weighted by molar-refractivity contribution is 1.16. The molecule has 0 saturated heterocycles. The first kappa shape index (κ1) is 36.5. The van der Waals surface area contributed by atoms with Crippen LogP contribution in [0.2, 0.25) is 0 Å². The van der Waals surface area contributed by atoms with Gasteiger partial charge in [-0.05, 0) is 112 Å². The summed E-state index contributed by atoms with van der Waals surface area (Å²) in [5.74, 6) is 0. The van der Waals surface area contributed by atoms with Gasteiger partial charge in [-0.1, -0.05) is 170 Å². The van der Waals surface area contributed by atoms with E-state index < -0.39 is 0 Å². The van der Waals surface area contributed by atoms with Gasteiger partial charge in [0.1, 0.15) is 0 Å². The summed E-state index contributed by atoms with van der Waals surface area (Å²) in [6.45, 7) is 0. The molecule has 0 saturated carbocycles. The van der Waals surface area contributed by atoms with Crippen LogP contribution in [0.15, 0.2) is 249 Å². The molecule has 0 unspecified atom stereocenters. The SMILES string of the molecule is c1ccc(-c2ccc(N(c3ccc(-c4ccccc4)cc3)c3ccc(-c4ccc5c(c4)c4cccc6c7ccccc7n(-c7ccccc7)c7ccccc7n5c64)cc3)cc2)cc1. The van der Waals surface area contributed by atoms with Crippen molar-refractivity contribution in [3.63, 3.8) is 0 Å². The van der Waals surface area contributed by atoms with Crippen molar-refractivity contribution in [1.29, 1.82) is 0 Å². The molecule has 0 amide bonds. The molecule has 0 aliphatic carbocycles. The van der Waals surface area contributed by atoms with E-state index >= 15 is 0 Å².